The molecule has 3 atom stereocenters. The molecule has 0 unspecified atom stereocenters. The lowest BCUT2D eigenvalue weighted by atomic mass is 9.71. The minimum atomic E-state index is -0.692. The fraction of sp³-hybridized carbons (Fsp3) is 0.379. The molecule has 200 valence electrons. The van der Waals surface area contributed by atoms with Gasteiger partial charge >= 0.3 is 5.97 Å². The van der Waals surface area contributed by atoms with Crippen molar-refractivity contribution in [2.75, 3.05) is 14.2 Å². The average Bonchev–Trinajstić information content (AvgIpc) is 2.91. The average molecular weight is 521 g/mol. The third-order valence-electron chi connectivity index (χ3n) is 7.25. The smallest absolute Gasteiger partial charge is 0.337 e. The third-order valence-corrected chi connectivity index (χ3v) is 7.25. The number of ether oxygens (including phenoxy) is 3. The molecule has 2 aromatic carbocycles. The van der Waals surface area contributed by atoms with Gasteiger partial charge in [0.1, 0.15) is 0 Å². The molecule has 9 nitrogen and oxygen atoms in total. The minimum absolute atomic E-state index is 0.0650. The van der Waals surface area contributed by atoms with E-state index in [0.717, 1.165) is 11.3 Å². The van der Waals surface area contributed by atoms with Crippen LogP contribution >= 0.6 is 0 Å². The Hall–Kier alpha value is -4.14. The van der Waals surface area contributed by atoms with Gasteiger partial charge in [0.2, 0.25) is 0 Å². The van der Waals surface area contributed by atoms with Crippen LogP contribution in [0.1, 0.15) is 63.0 Å². The molecule has 0 amide bonds. The predicted octanol–water partition coefficient (Wildman–Crippen LogP) is 5.32. The number of ketones is 1. The van der Waals surface area contributed by atoms with Crippen molar-refractivity contribution in [1.29, 1.82) is 0 Å². The monoisotopic (exact) mass is 520 g/mol. The van der Waals surface area contributed by atoms with Gasteiger partial charge in [-0.15, -0.1) is 0 Å². The van der Waals surface area contributed by atoms with Gasteiger partial charge in [0, 0.05) is 41.4 Å². The van der Waals surface area contributed by atoms with Gasteiger partial charge in [-0.05, 0) is 55.9 Å². The van der Waals surface area contributed by atoms with E-state index in [9.17, 15) is 19.7 Å². The van der Waals surface area contributed by atoms with Gasteiger partial charge in [0.25, 0.3) is 5.69 Å². The number of nitro benzene ring substituents is 1. The van der Waals surface area contributed by atoms with Gasteiger partial charge in [-0.25, -0.2) is 4.79 Å². The fourth-order valence-corrected chi connectivity index (χ4v) is 5.10. The van der Waals surface area contributed by atoms with E-state index in [1.54, 1.807) is 33.3 Å². The second kappa shape index (κ2) is 11.1. The molecule has 1 aliphatic heterocycles. The molecular formula is C29H32N2O7. The van der Waals surface area contributed by atoms with Crippen molar-refractivity contribution in [2.45, 2.75) is 58.0 Å². The van der Waals surface area contributed by atoms with E-state index in [2.05, 4.69) is 5.32 Å². The molecule has 0 radical (unpaired) electrons. The number of allylic oxidation sites excluding steroid dienone is 3. The van der Waals surface area contributed by atoms with E-state index in [4.69, 9.17) is 14.2 Å². The first-order valence-corrected chi connectivity index (χ1v) is 12.6. The molecule has 9 heteroatoms. The zero-order valence-corrected chi connectivity index (χ0v) is 22.2. The first kappa shape index (κ1) is 26.9. The molecule has 2 aliphatic rings. The Balaban J connectivity index is 1.77. The summed E-state index contributed by atoms with van der Waals surface area (Å²) in [5.41, 5.74) is 3.68. The van der Waals surface area contributed by atoms with Crippen LogP contribution in [0.2, 0.25) is 0 Å². The van der Waals surface area contributed by atoms with Crippen LogP contribution in [-0.4, -0.2) is 37.0 Å². The van der Waals surface area contributed by atoms with E-state index in [1.807, 2.05) is 32.0 Å². The van der Waals surface area contributed by atoms with E-state index in [1.165, 1.54) is 12.1 Å². The topological polar surface area (TPSA) is 117 Å². The molecule has 4 rings (SSSR count). The number of carbonyl (C=O) groups excluding carboxylic acids is 2. The number of non-ortho nitro benzene ring substituents is 1. The van der Waals surface area contributed by atoms with Gasteiger partial charge in [-0.1, -0.05) is 25.1 Å². The number of rotatable bonds is 8. The summed E-state index contributed by atoms with van der Waals surface area (Å²) in [6.45, 7) is 5.53. The number of methoxy groups -OCH3 is 2. The highest BCUT2D eigenvalue weighted by atomic mass is 16.6. The van der Waals surface area contributed by atoms with E-state index >= 15 is 0 Å². The van der Waals surface area contributed by atoms with Crippen LogP contribution in [0.5, 0.6) is 11.5 Å². The maximum Gasteiger partial charge on any atom is 0.337 e. The van der Waals surface area contributed by atoms with Crippen LogP contribution in [0.4, 0.5) is 5.69 Å². The van der Waals surface area contributed by atoms with Crippen LogP contribution in [0, 0.1) is 10.1 Å². The van der Waals surface area contributed by atoms with Gasteiger partial charge in [-0.2, -0.15) is 0 Å². The summed E-state index contributed by atoms with van der Waals surface area (Å²) in [4.78, 5) is 37.9. The van der Waals surface area contributed by atoms with Gasteiger partial charge in [0.05, 0.1) is 30.8 Å². The van der Waals surface area contributed by atoms with Crippen molar-refractivity contribution >= 4 is 17.4 Å². The zero-order chi connectivity index (χ0) is 27.6. The summed E-state index contributed by atoms with van der Waals surface area (Å²) < 4.78 is 16.5. The van der Waals surface area contributed by atoms with Crippen molar-refractivity contribution in [2.24, 2.45) is 0 Å². The molecule has 0 saturated carbocycles. The molecule has 38 heavy (non-hydrogen) atoms. The maximum absolute atomic E-state index is 13.8. The molecule has 1 aliphatic carbocycles. The normalized spacial score (nSPS) is 19.9. The second-order valence-electron chi connectivity index (χ2n) is 9.60. The summed E-state index contributed by atoms with van der Waals surface area (Å²) in [6, 6.07) is 11.6. The summed E-state index contributed by atoms with van der Waals surface area (Å²) >= 11 is 0. The Bertz CT molecular complexity index is 1330. The first-order chi connectivity index (χ1) is 18.2. The van der Waals surface area contributed by atoms with E-state index in [-0.39, 0.29) is 29.9 Å². The van der Waals surface area contributed by atoms with Gasteiger partial charge in [-0.3, -0.25) is 14.9 Å². The standard InChI is InChI=1S/C29H32N2O7/c1-6-16(2)38-29(33)26-17(3)30-22-13-20(19-9-12-24(36-4)25(15-19)37-5)14-23(32)28(22)27(26)18-7-10-21(11-8-18)31(34)35/h7-12,15-16,20,27,30H,6,13-14H2,1-5H3/t16-,20-,27-/m0/s1. The quantitative estimate of drug-likeness (QED) is 0.283. The van der Waals surface area contributed by atoms with Crippen molar-refractivity contribution in [3.05, 3.63) is 86.2 Å². The minimum Gasteiger partial charge on any atom is -0.493 e. The molecule has 0 saturated heterocycles. The second-order valence-corrected chi connectivity index (χ2v) is 9.60. The number of Topliss-reactive ketones (excluding diaryl/α,β-unsaturated/α-hetero) is 1. The first-order valence-electron chi connectivity index (χ1n) is 12.6. The highest BCUT2D eigenvalue weighted by molar-refractivity contribution is 6.04. The predicted molar refractivity (Wildman–Crippen MR) is 141 cm³/mol. The lowest BCUT2D eigenvalue weighted by Gasteiger charge is -2.37. The molecule has 2 aromatic rings. The number of nitrogens with zero attached hydrogens (tertiary/aromatic N) is 1. The Morgan fingerprint density at radius 2 is 1.74 bits per heavy atom. The highest BCUT2D eigenvalue weighted by Gasteiger charge is 2.42. The lowest BCUT2D eigenvalue weighted by Crippen LogP contribution is -2.36. The van der Waals surface area contributed by atoms with Crippen LogP contribution < -0.4 is 14.8 Å². The van der Waals surface area contributed by atoms with Crippen molar-refractivity contribution in [3.63, 3.8) is 0 Å². The Labute approximate surface area is 221 Å². The van der Waals surface area contributed by atoms with Crippen molar-refractivity contribution in [1.82, 2.24) is 5.32 Å². The van der Waals surface area contributed by atoms with Gasteiger partial charge in [0.15, 0.2) is 17.3 Å². The number of nitrogens with one attached hydrogen (secondary N) is 1. The molecule has 0 spiro atoms. The van der Waals surface area contributed by atoms with Crippen LogP contribution in [0.3, 0.4) is 0 Å². The summed E-state index contributed by atoms with van der Waals surface area (Å²) in [5, 5.41) is 14.6. The van der Waals surface area contributed by atoms with Crippen molar-refractivity contribution in [3.8, 4) is 11.5 Å². The number of benzene rings is 2. The molecule has 0 bridgehead atoms. The van der Waals surface area contributed by atoms with Gasteiger partial charge < -0.3 is 19.5 Å². The van der Waals surface area contributed by atoms with E-state index in [0.29, 0.717) is 46.7 Å². The van der Waals surface area contributed by atoms with Crippen molar-refractivity contribution < 1.29 is 28.7 Å². The molecule has 0 fully saturated rings. The van der Waals surface area contributed by atoms with Crippen LogP contribution in [-0.2, 0) is 14.3 Å². The molecule has 1 N–H and O–H groups in total. The lowest BCUT2D eigenvalue weighted by molar-refractivity contribution is -0.384. The summed E-state index contributed by atoms with van der Waals surface area (Å²) in [5.74, 6) is -0.202. The summed E-state index contributed by atoms with van der Waals surface area (Å²) in [7, 11) is 3.14. The van der Waals surface area contributed by atoms with Crippen LogP contribution in [0.25, 0.3) is 0 Å². The number of esters is 1. The zero-order valence-electron chi connectivity index (χ0n) is 22.2. The molecular weight excluding hydrogens is 488 g/mol. The molecule has 0 aromatic heterocycles. The third kappa shape index (κ3) is 5.14. The number of hydrogen-bond acceptors (Lipinski definition) is 8. The Morgan fingerprint density at radius 3 is 2.34 bits per heavy atom. The highest BCUT2D eigenvalue weighted by Crippen LogP contribution is 2.46. The summed E-state index contributed by atoms with van der Waals surface area (Å²) in [6.07, 6.45) is 1.14. The maximum atomic E-state index is 13.8. The Kier molecular flexibility index (Phi) is 7.85. The Morgan fingerprint density at radius 1 is 1.08 bits per heavy atom. The fourth-order valence-electron chi connectivity index (χ4n) is 5.10. The number of carbonyl (C=O) groups is 2. The SMILES string of the molecule is CC[C@H](C)OC(=O)C1=C(C)NC2=C(C(=O)C[C@@H](c3ccc(OC)c(OC)c3)C2)[C@H]1c1ccc([N+](=O)[O-])cc1. The van der Waals surface area contributed by atoms with E-state index < -0.39 is 16.8 Å². The number of dihydropyridines is 1. The molecule has 1 heterocycles. The number of hydrogen-bond donors (Lipinski definition) is 1. The van der Waals surface area contributed by atoms with Crippen LogP contribution in [0.15, 0.2) is 65.0 Å². The largest absolute Gasteiger partial charge is 0.493 e. The number of nitro groups is 1.